The number of rotatable bonds is 5. The molecule has 0 spiro atoms. The molecule has 0 bridgehead atoms. The summed E-state index contributed by atoms with van der Waals surface area (Å²) in [7, 11) is -0.754. The lowest BCUT2D eigenvalue weighted by Crippen LogP contribution is -2.35. The van der Waals surface area contributed by atoms with E-state index in [-0.39, 0.29) is 17.2 Å². The summed E-state index contributed by atoms with van der Waals surface area (Å²) in [4.78, 5) is 18.9. The first-order valence-corrected chi connectivity index (χ1v) is 11.4. The van der Waals surface area contributed by atoms with Gasteiger partial charge >= 0.3 is 0 Å². The molecule has 1 aliphatic heterocycles. The lowest BCUT2D eigenvalue weighted by molar-refractivity contribution is 0.0724. The highest BCUT2D eigenvalue weighted by Gasteiger charge is 2.26. The average molecular weight is 398 g/mol. The second kappa shape index (κ2) is 9.18. The molecular formula is C19H28ClN3O2S. The third-order valence-electron chi connectivity index (χ3n) is 5.35. The molecule has 2 fully saturated rings. The normalized spacial score (nSPS) is 24.9. The molecule has 3 unspecified atom stereocenters. The zero-order chi connectivity index (χ0) is 18.5. The number of pyridine rings is 1. The van der Waals surface area contributed by atoms with Gasteiger partial charge in [-0.15, -0.1) is 0 Å². The van der Waals surface area contributed by atoms with Crippen molar-refractivity contribution >= 4 is 34.1 Å². The first-order chi connectivity index (χ1) is 12.6. The van der Waals surface area contributed by atoms with Crippen LogP contribution in [0.5, 0.6) is 0 Å². The molecule has 5 nitrogen and oxygen atoms in total. The van der Waals surface area contributed by atoms with E-state index in [1.165, 1.54) is 6.42 Å². The van der Waals surface area contributed by atoms with Gasteiger partial charge in [0.05, 0.1) is 10.6 Å². The van der Waals surface area contributed by atoms with Crippen molar-refractivity contribution in [1.29, 1.82) is 0 Å². The molecule has 1 amide bonds. The Kier molecular flexibility index (Phi) is 6.92. The minimum Gasteiger partial charge on any atom is -0.366 e. The Morgan fingerprint density at radius 1 is 1.31 bits per heavy atom. The van der Waals surface area contributed by atoms with Gasteiger partial charge in [0, 0.05) is 47.1 Å². The minimum absolute atomic E-state index is 0.0155. The Labute approximate surface area is 163 Å². The number of piperidine rings is 1. The quantitative estimate of drug-likeness (QED) is 0.819. The fraction of sp³-hybridized carbons (Fsp3) is 0.684. The lowest BCUT2D eigenvalue weighted by atomic mass is 9.95. The molecule has 2 heterocycles. The number of nitrogens with zero attached hydrogens (tertiary/aromatic N) is 2. The van der Waals surface area contributed by atoms with Gasteiger partial charge in [0.25, 0.3) is 5.91 Å². The first kappa shape index (κ1) is 19.6. The van der Waals surface area contributed by atoms with Gasteiger partial charge in [-0.3, -0.25) is 9.00 Å². The van der Waals surface area contributed by atoms with E-state index >= 15 is 0 Å². The van der Waals surface area contributed by atoms with Crippen LogP contribution in [0.1, 0.15) is 62.2 Å². The van der Waals surface area contributed by atoms with E-state index < -0.39 is 10.8 Å². The largest absolute Gasteiger partial charge is 0.366 e. The van der Waals surface area contributed by atoms with Crippen molar-refractivity contribution in [2.24, 2.45) is 0 Å². The molecule has 1 aromatic heterocycles. The Bertz CT molecular complexity index is 664. The van der Waals surface area contributed by atoms with Crippen LogP contribution in [-0.4, -0.2) is 50.1 Å². The Hall–Kier alpha value is -1.14. The summed E-state index contributed by atoms with van der Waals surface area (Å²) in [6, 6.07) is 1.95. The smallest absolute Gasteiger partial charge is 0.255 e. The third-order valence-corrected chi connectivity index (χ3v) is 7.38. The van der Waals surface area contributed by atoms with E-state index in [0.29, 0.717) is 22.2 Å². The Morgan fingerprint density at radius 3 is 2.77 bits per heavy atom. The van der Waals surface area contributed by atoms with E-state index in [1.807, 2.05) is 11.8 Å². The van der Waals surface area contributed by atoms with Crippen LogP contribution in [0.15, 0.2) is 12.3 Å². The van der Waals surface area contributed by atoms with E-state index in [9.17, 15) is 9.00 Å². The van der Waals surface area contributed by atoms with Crippen LogP contribution < -0.4 is 5.32 Å². The van der Waals surface area contributed by atoms with Gasteiger partial charge in [-0.05, 0) is 44.6 Å². The maximum atomic E-state index is 12.6. The van der Waals surface area contributed by atoms with Crippen molar-refractivity contribution in [2.75, 3.05) is 24.2 Å². The van der Waals surface area contributed by atoms with Gasteiger partial charge in [-0.2, -0.15) is 0 Å². The Morgan fingerprint density at radius 2 is 2.08 bits per heavy atom. The molecule has 7 heteroatoms. The predicted octanol–water partition coefficient (Wildman–Crippen LogP) is 3.85. The number of amides is 1. The number of hydrogen-bond acceptors (Lipinski definition) is 4. The third kappa shape index (κ3) is 4.77. The molecule has 1 aliphatic carbocycles. The number of carbonyl (C=O) groups is 1. The van der Waals surface area contributed by atoms with Crippen LogP contribution in [-0.2, 0) is 10.8 Å². The van der Waals surface area contributed by atoms with E-state index in [0.717, 1.165) is 51.6 Å². The van der Waals surface area contributed by atoms with Crippen LogP contribution >= 0.6 is 11.6 Å². The SMILES string of the molecule is CCS(=O)C1CCCC(Nc2ncc(C(=O)N3CCCCC3)cc2Cl)C1. The van der Waals surface area contributed by atoms with Crippen LogP contribution in [0.3, 0.4) is 0 Å². The fourth-order valence-corrected chi connectivity index (χ4v) is 5.45. The molecule has 0 radical (unpaired) electrons. The predicted molar refractivity (Wildman–Crippen MR) is 107 cm³/mol. The van der Waals surface area contributed by atoms with Crippen molar-refractivity contribution in [1.82, 2.24) is 9.88 Å². The second-order valence-corrected chi connectivity index (χ2v) is 9.62. The standard InChI is InChI=1S/C19H28ClN3O2S/c1-2-26(25)16-8-6-7-15(12-16)22-18-17(20)11-14(13-21-18)19(24)23-9-4-3-5-10-23/h11,13,15-16H,2-10,12H2,1H3,(H,21,22). The van der Waals surface area contributed by atoms with Gasteiger partial charge in [-0.25, -0.2) is 4.98 Å². The number of hydrogen-bond donors (Lipinski definition) is 1. The van der Waals surface area contributed by atoms with E-state index in [2.05, 4.69) is 10.3 Å². The molecule has 26 heavy (non-hydrogen) atoms. The molecule has 0 aromatic carbocycles. The summed E-state index contributed by atoms with van der Waals surface area (Å²) in [5.41, 5.74) is 0.552. The first-order valence-electron chi connectivity index (χ1n) is 9.67. The number of aromatic nitrogens is 1. The van der Waals surface area contributed by atoms with Crippen LogP contribution in [0.4, 0.5) is 5.82 Å². The molecule has 1 N–H and O–H groups in total. The second-order valence-electron chi connectivity index (χ2n) is 7.21. The molecule has 3 rings (SSSR count). The topological polar surface area (TPSA) is 62.3 Å². The number of nitrogens with one attached hydrogen (secondary N) is 1. The molecule has 1 aromatic rings. The zero-order valence-electron chi connectivity index (χ0n) is 15.4. The fourth-order valence-electron chi connectivity index (χ4n) is 3.88. The highest BCUT2D eigenvalue weighted by Crippen LogP contribution is 2.28. The van der Waals surface area contributed by atoms with Gasteiger partial charge in [0.15, 0.2) is 0 Å². The summed E-state index contributed by atoms with van der Waals surface area (Å²) in [6.45, 7) is 3.60. The van der Waals surface area contributed by atoms with Crippen molar-refractivity contribution in [3.8, 4) is 0 Å². The number of carbonyl (C=O) groups excluding carboxylic acids is 1. The number of anilines is 1. The summed E-state index contributed by atoms with van der Waals surface area (Å²) < 4.78 is 12.1. The minimum atomic E-state index is -0.754. The summed E-state index contributed by atoms with van der Waals surface area (Å²) in [5, 5.41) is 4.13. The van der Waals surface area contributed by atoms with Crippen LogP contribution in [0.25, 0.3) is 0 Å². The van der Waals surface area contributed by atoms with Crippen molar-refractivity contribution < 1.29 is 9.00 Å². The lowest BCUT2D eigenvalue weighted by Gasteiger charge is -2.30. The Balaban J connectivity index is 1.64. The highest BCUT2D eigenvalue weighted by molar-refractivity contribution is 7.85. The van der Waals surface area contributed by atoms with Crippen molar-refractivity contribution in [2.45, 2.75) is 63.2 Å². The van der Waals surface area contributed by atoms with Gasteiger partial charge in [0.2, 0.25) is 0 Å². The number of halogens is 1. The molecule has 1 saturated heterocycles. The van der Waals surface area contributed by atoms with Gasteiger partial charge < -0.3 is 10.2 Å². The van der Waals surface area contributed by atoms with Gasteiger partial charge in [0.1, 0.15) is 5.82 Å². The van der Waals surface area contributed by atoms with Crippen LogP contribution in [0.2, 0.25) is 5.02 Å². The molecule has 144 valence electrons. The van der Waals surface area contributed by atoms with Crippen molar-refractivity contribution in [3.63, 3.8) is 0 Å². The van der Waals surface area contributed by atoms with Crippen LogP contribution in [0, 0.1) is 0 Å². The molecular weight excluding hydrogens is 370 g/mol. The maximum absolute atomic E-state index is 12.6. The van der Waals surface area contributed by atoms with Crippen molar-refractivity contribution in [3.05, 3.63) is 22.8 Å². The van der Waals surface area contributed by atoms with Gasteiger partial charge in [-0.1, -0.05) is 24.9 Å². The average Bonchev–Trinajstić information content (AvgIpc) is 2.69. The maximum Gasteiger partial charge on any atom is 0.255 e. The van der Waals surface area contributed by atoms with E-state index in [4.69, 9.17) is 11.6 Å². The molecule has 3 atom stereocenters. The highest BCUT2D eigenvalue weighted by atomic mass is 35.5. The monoisotopic (exact) mass is 397 g/mol. The molecule has 1 saturated carbocycles. The summed E-state index contributed by atoms with van der Waals surface area (Å²) in [5.74, 6) is 1.35. The van der Waals surface area contributed by atoms with E-state index in [1.54, 1.807) is 12.3 Å². The number of likely N-dealkylation sites (tertiary alicyclic amines) is 1. The molecule has 2 aliphatic rings. The zero-order valence-corrected chi connectivity index (χ0v) is 17.0. The summed E-state index contributed by atoms with van der Waals surface area (Å²) >= 11 is 6.40. The summed E-state index contributed by atoms with van der Waals surface area (Å²) in [6.07, 6.45) is 8.95.